The number of hydrogen-bond donors (Lipinski definition) is 1. The minimum atomic E-state index is -3.82. The second-order valence-electron chi connectivity index (χ2n) is 2.73. The van der Waals surface area contributed by atoms with Gasteiger partial charge >= 0.3 is 4.83 Å². The van der Waals surface area contributed by atoms with Crippen molar-refractivity contribution in [3.05, 3.63) is 35.1 Å². The summed E-state index contributed by atoms with van der Waals surface area (Å²) in [6, 6.07) is 0.275. The molecule has 1 rings (SSSR count). The van der Waals surface area contributed by atoms with Gasteiger partial charge in [-0.25, -0.2) is 13.2 Å². The molecule has 0 saturated carbocycles. The summed E-state index contributed by atoms with van der Waals surface area (Å²) in [6.45, 7) is 0. The van der Waals surface area contributed by atoms with Gasteiger partial charge in [0, 0.05) is 11.6 Å². The van der Waals surface area contributed by atoms with Crippen molar-refractivity contribution in [1.29, 1.82) is 0 Å². The minimum Gasteiger partial charge on any atom is -0.381 e. The van der Waals surface area contributed by atoms with Crippen molar-refractivity contribution in [2.75, 3.05) is 0 Å². The summed E-state index contributed by atoms with van der Waals surface area (Å²) in [5.74, 6) is -4.47. The molecule has 1 aromatic rings. The van der Waals surface area contributed by atoms with E-state index in [9.17, 15) is 22.0 Å². The molecule has 0 aliphatic rings. The number of hydrogen-bond acceptors (Lipinski definition) is 1. The van der Waals surface area contributed by atoms with Crippen LogP contribution in [0.5, 0.6) is 0 Å². The topological polar surface area (TPSA) is 20.2 Å². The van der Waals surface area contributed by atoms with Crippen LogP contribution in [-0.4, -0.2) is 9.94 Å². The predicted octanol–water partition coefficient (Wildman–Crippen LogP) is 3.13. The highest BCUT2D eigenvalue weighted by Gasteiger charge is 2.38. The zero-order valence-electron chi connectivity index (χ0n) is 6.95. The summed E-state index contributed by atoms with van der Waals surface area (Å²) in [5, 5.41) is 8.93. The van der Waals surface area contributed by atoms with E-state index in [1.54, 1.807) is 15.9 Å². The standard InChI is InChI=1S/C8H4BrF5O/c9-8(13,14)7(15)3-1-5(11)6(12)2-4(3)10/h1-2,7,15H. The molecule has 1 unspecified atom stereocenters. The molecule has 0 aliphatic heterocycles. The van der Waals surface area contributed by atoms with Gasteiger partial charge in [0.2, 0.25) is 0 Å². The maximum Gasteiger partial charge on any atom is 0.330 e. The van der Waals surface area contributed by atoms with Crippen LogP contribution in [0.3, 0.4) is 0 Å². The van der Waals surface area contributed by atoms with Crippen LogP contribution in [0.15, 0.2) is 12.1 Å². The van der Waals surface area contributed by atoms with Crippen LogP contribution in [0.4, 0.5) is 22.0 Å². The zero-order chi connectivity index (χ0) is 11.8. The van der Waals surface area contributed by atoms with Crippen molar-refractivity contribution < 1.29 is 27.1 Å². The van der Waals surface area contributed by atoms with Crippen LogP contribution < -0.4 is 0 Å². The average Bonchev–Trinajstić information content (AvgIpc) is 2.08. The normalized spacial score (nSPS) is 14.1. The van der Waals surface area contributed by atoms with Crippen LogP contribution in [0.25, 0.3) is 0 Å². The Labute approximate surface area is 89.7 Å². The number of halogens is 6. The lowest BCUT2D eigenvalue weighted by Gasteiger charge is -2.17. The fourth-order valence-electron chi connectivity index (χ4n) is 0.924. The average molecular weight is 291 g/mol. The quantitative estimate of drug-likeness (QED) is 0.504. The zero-order valence-corrected chi connectivity index (χ0v) is 8.53. The third-order valence-corrected chi connectivity index (χ3v) is 2.08. The van der Waals surface area contributed by atoms with Gasteiger partial charge in [0.05, 0.1) is 0 Å². The lowest BCUT2D eigenvalue weighted by molar-refractivity contribution is -0.0314. The van der Waals surface area contributed by atoms with Gasteiger partial charge in [-0.05, 0) is 22.0 Å². The molecule has 7 heteroatoms. The molecular formula is C8H4BrF5O. The lowest BCUT2D eigenvalue weighted by atomic mass is 10.1. The number of rotatable bonds is 2. The SMILES string of the molecule is OC(c1cc(F)c(F)cc1F)C(F)(F)Br. The first-order chi connectivity index (χ1) is 6.73. The van der Waals surface area contributed by atoms with Gasteiger partial charge in [0.1, 0.15) is 5.82 Å². The molecule has 15 heavy (non-hydrogen) atoms. The highest BCUT2D eigenvalue weighted by Crippen LogP contribution is 2.37. The highest BCUT2D eigenvalue weighted by molar-refractivity contribution is 9.10. The third kappa shape index (κ3) is 2.66. The van der Waals surface area contributed by atoms with E-state index in [2.05, 4.69) is 0 Å². The summed E-state index contributed by atoms with van der Waals surface area (Å²) in [4.78, 5) is -3.82. The van der Waals surface area contributed by atoms with Crippen molar-refractivity contribution >= 4 is 15.9 Å². The second-order valence-corrected chi connectivity index (χ2v) is 3.79. The molecule has 1 N–H and O–H groups in total. The Morgan fingerprint density at radius 1 is 1.07 bits per heavy atom. The Hall–Kier alpha value is -0.690. The third-order valence-electron chi connectivity index (χ3n) is 1.64. The van der Waals surface area contributed by atoms with E-state index in [4.69, 9.17) is 5.11 Å². The number of aliphatic hydroxyl groups is 1. The Morgan fingerprint density at radius 3 is 2.00 bits per heavy atom. The molecule has 1 aromatic carbocycles. The monoisotopic (exact) mass is 290 g/mol. The summed E-state index contributed by atoms with van der Waals surface area (Å²) in [6.07, 6.45) is -2.59. The van der Waals surface area contributed by atoms with Crippen molar-refractivity contribution in [3.8, 4) is 0 Å². The van der Waals surface area contributed by atoms with E-state index in [1.165, 1.54) is 0 Å². The predicted molar refractivity (Wildman–Crippen MR) is 45.1 cm³/mol. The highest BCUT2D eigenvalue weighted by atomic mass is 79.9. The molecule has 0 aromatic heterocycles. The molecule has 0 aliphatic carbocycles. The number of alkyl halides is 3. The summed E-state index contributed by atoms with van der Waals surface area (Å²) in [7, 11) is 0. The van der Waals surface area contributed by atoms with E-state index >= 15 is 0 Å². The molecule has 84 valence electrons. The van der Waals surface area contributed by atoms with Crippen molar-refractivity contribution in [3.63, 3.8) is 0 Å². The van der Waals surface area contributed by atoms with Gasteiger partial charge in [-0.1, -0.05) is 0 Å². The Bertz CT molecular complexity index is 376. The molecule has 0 heterocycles. The molecule has 0 fully saturated rings. The van der Waals surface area contributed by atoms with Crippen LogP contribution in [-0.2, 0) is 0 Å². The Balaban J connectivity index is 3.21. The smallest absolute Gasteiger partial charge is 0.330 e. The fourth-order valence-corrected chi connectivity index (χ4v) is 1.17. The van der Waals surface area contributed by atoms with Crippen molar-refractivity contribution in [1.82, 2.24) is 0 Å². The molecule has 1 nitrogen and oxygen atoms in total. The molecule has 0 radical (unpaired) electrons. The maximum atomic E-state index is 12.9. The van der Waals surface area contributed by atoms with E-state index < -0.39 is 34.0 Å². The molecule has 0 amide bonds. The van der Waals surface area contributed by atoms with E-state index in [0.29, 0.717) is 0 Å². The van der Waals surface area contributed by atoms with Gasteiger partial charge in [-0.3, -0.25) is 0 Å². The number of aliphatic hydroxyl groups excluding tert-OH is 1. The molecule has 1 atom stereocenters. The lowest BCUT2D eigenvalue weighted by Crippen LogP contribution is -2.20. The molecule has 0 spiro atoms. The van der Waals surface area contributed by atoms with Crippen molar-refractivity contribution in [2.24, 2.45) is 0 Å². The van der Waals surface area contributed by atoms with Crippen LogP contribution in [0.1, 0.15) is 11.7 Å². The number of benzene rings is 1. The summed E-state index contributed by atoms with van der Waals surface area (Å²) < 4.78 is 62.9. The van der Waals surface area contributed by atoms with E-state index in [-0.39, 0.29) is 12.1 Å². The minimum absolute atomic E-state index is 0.0899. The largest absolute Gasteiger partial charge is 0.381 e. The van der Waals surface area contributed by atoms with E-state index in [0.717, 1.165) is 0 Å². The van der Waals surface area contributed by atoms with Gasteiger partial charge in [0.15, 0.2) is 17.7 Å². The molecule has 0 saturated heterocycles. The fraction of sp³-hybridized carbons (Fsp3) is 0.250. The Kier molecular flexibility index (Phi) is 3.34. The second kappa shape index (κ2) is 4.05. The van der Waals surface area contributed by atoms with Gasteiger partial charge in [-0.15, -0.1) is 0 Å². The van der Waals surface area contributed by atoms with Gasteiger partial charge < -0.3 is 5.11 Å². The first kappa shape index (κ1) is 12.4. The Morgan fingerprint density at radius 2 is 1.53 bits per heavy atom. The van der Waals surface area contributed by atoms with Gasteiger partial charge in [-0.2, -0.15) is 8.78 Å². The summed E-state index contributed by atoms with van der Waals surface area (Å²) in [5.41, 5.74) is -1.02. The first-order valence-corrected chi connectivity index (χ1v) is 4.42. The molecular weight excluding hydrogens is 287 g/mol. The maximum absolute atomic E-state index is 12.9. The summed E-state index contributed by atoms with van der Waals surface area (Å²) >= 11 is 1.79. The first-order valence-electron chi connectivity index (χ1n) is 3.62. The van der Waals surface area contributed by atoms with Crippen molar-refractivity contribution in [2.45, 2.75) is 10.9 Å². The van der Waals surface area contributed by atoms with Crippen LogP contribution in [0.2, 0.25) is 0 Å². The van der Waals surface area contributed by atoms with Crippen LogP contribution >= 0.6 is 15.9 Å². The van der Waals surface area contributed by atoms with Crippen LogP contribution in [0, 0.1) is 17.5 Å². The van der Waals surface area contributed by atoms with E-state index in [1.807, 2.05) is 0 Å². The van der Waals surface area contributed by atoms with Gasteiger partial charge in [0.25, 0.3) is 0 Å². The molecule has 0 bridgehead atoms.